The molecule has 3 rings (SSSR count). The third-order valence-electron chi connectivity index (χ3n) is 4.35. The maximum absolute atomic E-state index is 13.5. The van der Waals surface area contributed by atoms with Crippen molar-refractivity contribution < 1.29 is 35.5 Å². The van der Waals surface area contributed by atoms with Gasteiger partial charge in [-0.2, -0.15) is 4.68 Å². The van der Waals surface area contributed by atoms with Crippen molar-refractivity contribution in [2.24, 2.45) is 0 Å². The molecule has 1 amide bonds. The fourth-order valence-corrected chi connectivity index (χ4v) is 3.51. The number of benzene rings is 1. The van der Waals surface area contributed by atoms with Crippen molar-refractivity contribution in [3.63, 3.8) is 0 Å². The first kappa shape index (κ1) is 22.8. The van der Waals surface area contributed by atoms with Gasteiger partial charge in [0.25, 0.3) is 0 Å². The number of carbonyl (C=O) groups is 1. The molecular formula is C17H19F4N5O4S. The standard InChI is InChI=1S/C17H19F4N5O4S/c1-31(28,29)23-15-4-5-26(22-15)16(27)25-8-6-24(7-9-25)11-12-2-3-13(18)14(10-12)30-17(19,20)21/h2-5,10H,6-9,11H2,1H3,(H,22,23). The molecule has 0 spiro atoms. The minimum Gasteiger partial charge on any atom is -0.403 e. The Labute approximate surface area is 175 Å². The molecule has 1 aliphatic rings. The quantitative estimate of drug-likeness (QED) is 0.680. The zero-order valence-electron chi connectivity index (χ0n) is 16.3. The van der Waals surface area contributed by atoms with Crippen LogP contribution in [0.4, 0.5) is 28.2 Å². The Balaban J connectivity index is 1.56. The van der Waals surface area contributed by atoms with E-state index in [0.717, 1.165) is 23.1 Å². The van der Waals surface area contributed by atoms with Gasteiger partial charge in [0.15, 0.2) is 17.4 Å². The van der Waals surface area contributed by atoms with Crippen LogP contribution in [0.15, 0.2) is 30.5 Å². The van der Waals surface area contributed by atoms with E-state index in [1.54, 1.807) is 0 Å². The molecule has 0 bridgehead atoms. The van der Waals surface area contributed by atoms with E-state index in [4.69, 9.17) is 0 Å². The van der Waals surface area contributed by atoms with Gasteiger partial charge in [-0.1, -0.05) is 6.07 Å². The Hall–Kier alpha value is -2.87. The highest BCUT2D eigenvalue weighted by Crippen LogP contribution is 2.27. The summed E-state index contributed by atoms with van der Waals surface area (Å²) in [6.07, 6.45) is -2.69. The Morgan fingerprint density at radius 3 is 2.48 bits per heavy atom. The van der Waals surface area contributed by atoms with E-state index in [0.29, 0.717) is 31.7 Å². The molecule has 1 aliphatic heterocycles. The monoisotopic (exact) mass is 465 g/mol. The first-order chi connectivity index (χ1) is 14.4. The van der Waals surface area contributed by atoms with Crippen LogP contribution in [0.5, 0.6) is 5.75 Å². The van der Waals surface area contributed by atoms with Gasteiger partial charge in [0.2, 0.25) is 10.0 Å². The van der Waals surface area contributed by atoms with Crippen molar-refractivity contribution in [1.29, 1.82) is 0 Å². The maximum atomic E-state index is 13.5. The number of sulfonamides is 1. The van der Waals surface area contributed by atoms with Gasteiger partial charge >= 0.3 is 12.4 Å². The van der Waals surface area contributed by atoms with Gasteiger partial charge in [-0.3, -0.25) is 9.62 Å². The number of aromatic nitrogens is 2. The third kappa shape index (κ3) is 6.55. The van der Waals surface area contributed by atoms with Crippen molar-refractivity contribution in [2.45, 2.75) is 12.9 Å². The molecule has 1 aromatic heterocycles. The lowest BCUT2D eigenvalue weighted by atomic mass is 10.2. The Kier molecular flexibility index (Phi) is 6.40. The van der Waals surface area contributed by atoms with Crippen LogP contribution in [-0.4, -0.2) is 72.8 Å². The first-order valence-corrected chi connectivity index (χ1v) is 10.9. The van der Waals surface area contributed by atoms with Crippen LogP contribution < -0.4 is 9.46 Å². The van der Waals surface area contributed by atoms with Crippen LogP contribution in [0.3, 0.4) is 0 Å². The van der Waals surface area contributed by atoms with Crippen molar-refractivity contribution in [2.75, 3.05) is 37.2 Å². The van der Waals surface area contributed by atoms with Crippen molar-refractivity contribution >= 4 is 21.9 Å². The average molecular weight is 465 g/mol. The molecule has 2 aromatic rings. The van der Waals surface area contributed by atoms with E-state index in [-0.39, 0.29) is 12.4 Å². The summed E-state index contributed by atoms with van der Waals surface area (Å²) in [6.45, 7) is 1.74. The number of nitrogens with one attached hydrogen (secondary N) is 1. The molecule has 1 fully saturated rings. The highest BCUT2D eigenvalue weighted by molar-refractivity contribution is 7.92. The van der Waals surface area contributed by atoms with Gasteiger partial charge in [0, 0.05) is 45.0 Å². The fraction of sp³-hybridized carbons (Fsp3) is 0.412. The number of amides is 1. The van der Waals surface area contributed by atoms with E-state index in [1.165, 1.54) is 23.2 Å². The normalized spacial score (nSPS) is 15.7. The highest BCUT2D eigenvalue weighted by atomic mass is 32.2. The van der Waals surface area contributed by atoms with E-state index < -0.39 is 34.0 Å². The molecule has 170 valence electrons. The largest absolute Gasteiger partial charge is 0.573 e. The number of halogens is 4. The average Bonchev–Trinajstić information content (AvgIpc) is 3.10. The van der Waals surface area contributed by atoms with Crippen molar-refractivity contribution in [1.82, 2.24) is 19.6 Å². The minimum absolute atomic E-state index is 0.0164. The van der Waals surface area contributed by atoms with Crippen LogP contribution in [0.25, 0.3) is 0 Å². The zero-order chi connectivity index (χ0) is 22.8. The molecule has 1 aromatic carbocycles. The summed E-state index contributed by atoms with van der Waals surface area (Å²) >= 11 is 0. The van der Waals surface area contributed by atoms with Crippen LogP contribution in [0.1, 0.15) is 5.56 Å². The van der Waals surface area contributed by atoms with Crippen LogP contribution in [0.2, 0.25) is 0 Å². The van der Waals surface area contributed by atoms with Crippen molar-refractivity contribution in [3.05, 3.63) is 41.8 Å². The molecule has 1 saturated heterocycles. The van der Waals surface area contributed by atoms with E-state index in [2.05, 4.69) is 14.6 Å². The van der Waals surface area contributed by atoms with E-state index >= 15 is 0 Å². The molecule has 1 N–H and O–H groups in total. The lowest BCUT2D eigenvalue weighted by molar-refractivity contribution is -0.275. The molecule has 14 heteroatoms. The number of anilines is 1. The Morgan fingerprint density at radius 1 is 1.19 bits per heavy atom. The van der Waals surface area contributed by atoms with Gasteiger partial charge in [0.05, 0.1) is 6.26 Å². The van der Waals surface area contributed by atoms with Crippen LogP contribution in [-0.2, 0) is 16.6 Å². The molecule has 0 atom stereocenters. The summed E-state index contributed by atoms with van der Waals surface area (Å²) in [6, 6.07) is 4.19. The van der Waals surface area contributed by atoms with Crippen LogP contribution in [0, 0.1) is 5.82 Å². The number of ether oxygens (including phenoxy) is 1. The summed E-state index contributed by atoms with van der Waals surface area (Å²) in [7, 11) is -3.52. The number of hydrogen-bond donors (Lipinski definition) is 1. The smallest absolute Gasteiger partial charge is 0.403 e. The molecule has 0 aliphatic carbocycles. The second-order valence-electron chi connectivity index (χ2n) is 6.88. The number of nitrogens with zero attached hydrogens (tertiary/aromatic N) is 4. The topological polar surface area (TPSA) is 96.8 Å². The summed E-state index contributed by atoms with van der Waals surface area (Å²) in [5, 5.41) is 3.88. The molecule has 0 radical (unpaired) electrons. The van der Waals surface area contributed by atoms with E-state index in [1.807, 2.05) is 4.90 Å². The van der Waals surface area contributed by atoms with Gasteiger partial charge in [-0.05, 0) is 17.7 Å². The minimum atomic E-state index is -4.99. The SMILES string of the molecule is CS(=O)(=O)Nc1ccn(C(=O)N2CCN(Cc3ccc(F)c(OC(F)(F)F)c3)CC2)n1. The third-order valence-corrected chi connectivity index (χ3v) is 4.93. The first-order valence-electron chi connectivity index (χ1n) is 8.99. The highest BCUT2D eigenvalue weighted by Gasteiger charge is 2.32. The predicted octanol–water partition coefficient (Wildman–Crippen LogP) is 2.08. The molecule has 31 heavy (non-hydrogen) atoms. The van der Waals surface area contributed by atoms with Crippen LogP contribution >= 0.6 is 0 Å². The Morgan fingerprint density at radius 2 is 1.87 bits per heavy atom. The second-order valence-corrected chi connectivity index (χ2v) is 8.63. The summed E-state index contributed by atoms with van der Waals surface area (Å²) < 4.78 is 80.0. The number of carbonyl (C=O) groups excluding carboxylic acids is 1. The number of hydrogen-bond acceptors (Lipinski definition) is 6. The molecule has 9 nitrogen and oxygen atoms in total. The summed E-state index contributed by atoms with van der Waals surface area (Å²) in [5.41, 5.74) is 0.434. The lowest BCUT2D eigenvalue weighted by Gasteiger charge is -2.34. The second kappa shape index (κ2) is 8.70. The lowest BCUT2D eigenvalue weighted by Crippen LogP contribution is -2.49. The number of rotatable bonds is 5. The summed E-state index contributed by atoms with van der Waals surface area (Å²) in [4.78, 5) is 15.9. The van der Waals surface area contributed by atoms with Gasteiger partial charge in [0.1, 0.15) is 0 Å². The summed E-state index contributed by atoms with van der Waals surface area (Å²) in [5.74, 6) is -1.99. The zero-order valence-corrected chi connectivity index (χ0v) is 17.1. The molecule has 0 unspecified atom stereocenters. The van der Waals surface area contributed by atoms with Crippen molar-refractivity contribution in [3.8, 4) is 5.75 Å². The predicted molar refractivity (Wildman–Crippen MR) is 101 cm³/mol. The van der Waals surface area contributed by atoms with Gasteiger partial charge in [-0.25, -0.2) is 17.6 Å². The number of piperazine rings is 1. The number of alkyl halides is 3. The Bertz CT molecular complexity index is 1050. The van der Waals surface area contributed by atoms with Gasteiger partial charge in [-0.15, -0.1) is 18.3 Å². The maximum Gasteiger partial charge on any atom is 0.573 e. The molecule has 2 heterocycles. The molecular weight excluding hydrogens is 446 g/mol. The van der Waals surface area contributed by atoms with Gasteiger partial charge < -0.3 is 9.64 Å². The molecule has 0 saturated carbocycles. The van der Waals surface area contributed by atoms with E-state index in [9.17, 15) is 30.8 Å². The fourth-order valence-electron chi connectivity index (χ4n) is 3.02.